The quantitative estimate of drug-likeness (QED) is 0.592. The Morgan fingerprint density at radius 3 is 2.78 bits per heavy atom. The van der Waals surface area contributed by atoms with Crippen molar-refractivity contribution in [2.45, 2.75) is 6.42 Å². The van der Waals surface area contributed by atoms with Crippen molar-refractivity contribution < 1.29 is 14.5 Å². The van der Waals surface area contributed by atoms with Crippen molar-refractivity contribution in [2.24, 2.45) is 0 Å². The zero-order valence-electron chi connectivity index (χ0n) is 9.87. The molecule has 0 radical (unpaired) electrons. The topological polar surface area (TPSA) is 72.7 Å². The van der Waals surface area contributed by atoms with Gasteiger partial charge in [-0.2, -0.15) is 0 Å². The Hall–Kier alpha value is -1.95. The Balaban J connectivity index is 2.02. The van der Waals surface area contributed by atoms with Crippen LogP contribution in [-0.4, -0.2) is 42.0 Å². The van der Waals surface area contributed by atoms with Gasteiger partial charge in [0.1, 0.15) is 0 Å². The second-order valence-electron chi connectivity index (χ2n) is 4.10. The lowest BCUT2D eigenvalue weighted by molar-refractivity contribution is -0.384. The summed E-state index contributed by atoms with van der Waals surface area (Å²) in [4.78, 5) is 23.9. The average Bonchev–Trinajstić information content (AvgIpc) is 2.40. The molecule has 6 heteroatoms. The smallest absolute Gasteiger partial charge is 0.269 e. The Bertz CT molecular complexity index is 455. The van der Waals surface area contributed by atoms with Crippen molar-refractivity contribution in [3.05, 3.63) is 39.9 Å². The van der Waals surface area contributed by atoms with Crippen molar-refractivity contribution in [1.82, 2.24) is 4.90 Å². The summed E-state index contributed by atoms with van der Waals surface area (Å²) in [7, 11) is 0. The number of benzene rings is 1. The molecule has 1 saturated heterocycles. The first kappa shape index (κ1) is 12.5. The number of non-ortho nitro benzene ring substituents is 1. The van der Waals surface area contributed by atoms with Crippen LogP contribution in [0.2, 0.25) is 0 Å². The summed E-state index contributed by atoms with van der Waals surface area (Å²) in [6.45, 7) is 2.29. The monoisotopic (exact) mass is 250 g/mol. The SMILES string of the molecule is O=C(Cc1cccc([N+](=O)[O-])c1)N1CCOCC1. The van der Waals surface area contributed by atoms with Crippen LogP contribution in [0.4, 0.5) is 5.69 Å². The van der Waals surface area contributed by atoms with E-state index in [2.05, 4.69) is 0 Å². The van der Waals surface area contributed by atoms with Crippen LogP contribution in [0.15, 0.2) is 24.3 Å². The Morgan fingerprint density at radius 2 is 2.11 bits per heavy atom. The number of nitro benzene ring substituents is 1. The molecule has 2 rings (SSSR count). The van der Waals surface area contributed by atoms with Crippen molar-refractivity contribution in [3.8, 4) is 0 Å². The van der Waals surface area contributed by atoms with Crippen LogP contribution < -0.4 is 0 Å². The third kappa shape index (κ3) is 3.04. The molecule has 1 aromatic rings. The van der Waals surface area contributed by atoms with Crippen LogP contribution in [0.1, 0.15) is 5.56 Å². The molecule has 1 heterocycles. The molecule has 0 aliphatic carbocycles. The fourth-order valence-corrected chi connectivity index (χ4v) is 1.88. The Morgan fingerprint density at radius 1 is 1.39 bits per heavy atom. The highest BCUT2D eigenvalue weighted by Crippen LogP contribution is 2.14. The van der Waals surface area contributed by atoms with Crippen LogP contribution in [0.25, 0.3) is 0 Å². The first-order chi connectivity index (χ1) is 8.66. The van der Waals surface area contributed by atoms with Gasteiger partial charge in [-0.3, -0.25) is 14.9 Å². The lowest BCUT2D eigenvalue weighted by Gasteiger charge is -2.26. The number of nitro groups is 1. The molecule has 0 aromatic heterocycles. The predicted octanol–water partition coefficient (Wildman–Crippen LogP) is 0.996. The van der Waals surface area contributed by atoms with Crippen LogP contribution in [0.3, 0.4) is 0 Å². The number of ether oxygens (including phenoxy) is 1. The Labute approximate surface area is 104 Å². The summed E-state index contributed by atoms with van der Waals surface area (Å²) in [5.74, 6) is -0.0150. The predicted molar refractivity (Wildman–Crippen MR) is 64.2 cm³/mol. The third-order valence-corrected chi connectivity index (χ3v) is 2.84. The molecular formula is C12H14N2O4. The van der Waals surface area contributed by atoms with Crippen LogP contribution >= 0.6 is 0 Å². The first-order valence-corrected chi connectivity index (χ1v) is 5.75. The third-order valence-electron chi connectivity index (χ3n) is 2.84. The molecule has 0 N–H and O–H groups in total. The Kier molecular flexibility index (Phi) is 3.88. The number of carbonyl (C=O) groups excluding carboxylic acids is 1. The molecule has 0 spiro atoms. The van der Waals surface area contributed by atoms with Crippen LogP contribution in [0, 0.1) is 10.1 Å². The van der Waals surface area contributed by atoms with Crippen molar-refractivity contribution in [3.63, 3.8) is 0 Å². The van der Waals surface area contributed by atoms with E-state index in [1.54, 1.807) is 17.0 Å². The maximum atomic E-state index is 11.9. The van der Waals surface area contributed by atoms with E-state index < -0.39 is 4.92 Å². The molecule has 0 saturated carbocycles. The highest BCUT2D eigenvalue weighted by Gasteiger charge is 2.17. The second kappa shape index (κ2) is 5.59. The maximum Gasteiger partial charge on any atom is 0.269 e. The fraction of sp³-hybridized carbons (Fsp3) is 0.417. The van der Waals surface area contributed by atoms with Gasteiger partial charge in [0, 0.05) is 25.2 Å². The van der Waals surface area contributed by atoms with Gasteiger partial charge in [0.2, 0.25) is 5.91 Å². The number of hydrogen-bond acceptors (Lipinski definition) is 4. The van der Waals surface area contributed by atoms with Gasteiger partial charge < -0.3 is 9.64 Å². The molecule has 6 nitrogen and oxygen atoms in total. The number of rotatable bonds is 3. The lowest BCUT2D eigenvalue weighted by atomic mass is 10.1. The zero-order valence-corrected chi connectivity index (χ0v) is 9.87. The minimum Gasteiger partial charge on any atom is -0.378 e. The van der Waals surface area contributed by atoms with E-state index >= 15 is 0 Å². The molecule has 0 bridgehead atoms. The normalized spacial score (nSPS) is 15.4. The van der Waals surface area contributed by atoms with Crippen LogP contribution in [0.5, 0.6) is 0 Å². The number of nitrogens with zero attached hydrogens (tertiary/aromatic N) is 2. The molecule has 0 atom stereocenters. The van der Waals surface area contributed by atoms with Gasteiger partial charge in [-0.05, 0) is 5.56 Å². The van der Waals surface area contributed by atoms with Gasteiger partial charge >= 0.3 is 0 Å². The maximum absolute atomic E-state index is 11.9. The molecule has 1 amide bonds. The summed E-state index contributed by atoms with van der Waals surface area (Å²) in [6.07, 6.45) is 0.196. The van der Waals surface area contributed by atoms with Gasteiger partial charge in [0.05, 0.1) is 24.6 Å². The van der Waals surface area contributed by atoms with Gasteiger partial charge in [-0.1, -0.05) is 12.1 Å². The molecule has 1 aromatic carbocycles. The van der Waals surface area contributed by atoms with Gasteiger partial charge in [0.15, 0.2) is 0 Å². The summed E-state index contributed by atoms with van der Waals surface area (Å²) in [5.41, 5.74) is 0.683. The number of morpholine rings is 1. The number of amides is 1. The van der Waals surface area contributed by atoms with E-state index in [0.717, 1.165) is 0 Å². The second-order valence-corrected chi connectivity index (χ2v) is 4.10. The molecule has 18 heavy (non-hydrogen) atoms. The summed E-state index contributed by atoms with van der Waals surface area (Å²) >= 11 is 0. The highest BCUT2D eigenvalue weighted by atomic mass is 16.6. The fourth-order valence-electron chi connectivity index (χ4n) is 1.88. The van der Waals surface area contributed by atoms with E-state index in [1.165, 1.54) is 12.1 Å². The number of carbonyl (C=O) groups is 1. The largest absolute Gasteiger partial charge is 0.378 e. The van der Waals surface area contributed by atoms with Crippen LogP contribution in [-0.2, 0) is 16.0 Å². The summed E-state index contributed by atoms with van der Waals surface area (Å²) in [6, 6.07) is 6.19. The van der Waals surface area contributed by atoms with E-state index in [1.807, 2.05) is 0 Å². The van der Waals surface area contributed by atoms with E-state index in [0.29, 0.717) is 31.9 Å². The van der Waals surface area contributed by atoms with Gasteiger partial charge in [-0.15, -0.1) is 0 Å². The molecule has 0 unspecified atom stereocenters. The molecule has 96 valence electrons. The minimum absolute atomic E-state index is 0.0150. The summed E-state index contributed by atoms with van der Waals surface area (Å²) in [5, 5.41) is 10.6. The molecular weight excluding hydrogens is 236 g/mol. The molecule has 1 fully saturated rings. The van der Waals surface area contributed by atoms with E-state index in [4.69, 9.17) is 4.74 Å². The van der Waals surface area contributed by atoms with Gasteiger partial charge in [0.25, 0.3) is 5.69 Å². The van der Waals surface area contributed by atoms with Crippen molar-refractivity contribution in [1.29, 1.82) is 0 Å². The van der Waals surface area contributed by atoms with Crippen molar-refractivity contribution >= 4 is 11.6 Å². The van der Waals surface area contributed by atoms with Crippen molar-refractivity contribution in [2.75, 3.05) is 26.3 Å². The standard InChI is InChI=1S/C12H14N2O4/c15-12(13-4-6-18-7-5-13)9-10-2-1-3-11(8-10)14(16)17/h1-3,8H,4-7,9H2. The van der Waals surface area contributed by atoms with E-state index in [9.17, 15) is 14.9 Å². The number of hydrogen-bond donors (Lipinski definition) is 0. The molecule has 1 aliphatic heterocycles. The zero-order chi connectivity index (χ0) is 13.0. The molecule has 1 aliphatic rings. The average molecular weight is 250 g/mol. The first-order valence-electron chi connectivity index (χ1n) is 5.75. The highest BCUT2D eigenvalue weighted by molar-refractivity contribution is 5.79. The van der Waals surface area contributed by atoms with E-state index in [-0.39, 0.29) is 18.0 Å². The summed E-state index contributed by atoms with van der Waals surface area (Å²) < 4.78 is 5.17. The minimum atomic E-state index is -0.456. The van der Waals surface area contributed by atoms with Gasteiger partial charge in [-0.25, -0.2) is 0 Å². The lowest BCUT2D eigenvalue weighted by Crippen LogP contribution is -2.41.